The van der Waals surface area contributed by atoms with E-state index in [0.717, 1.165) is 10.5 Å². The van der Waals surface area contributed by atoms with Gasteiger partial charge in [0.1, 0.15) is 0 Å². The van der Waals surface area contributed by atoms with E-state index >= 15 is 0 Å². The molecule has 2 aromatic rings. The highest BCUT2D eigenvalue weighted by Crippen LogP contribution is 2.23. The van der Waals surface area contributed by atoms with Crippen LogP contribution in [0.15, 0.2) is 48.5 Å². The average molecular weight is 409 g/mol. The lowest BCUT2D eigenvalue weighted by atomic mass is 10.0. The quantitative estimate of drug-likeness (QED) is 0.628. The Kier molecular flexibility index (Phi) is 8.10. The number of benzene rings is 2. The number of rotatable bonds is 8. The second-order valence-electron chi connectivity index (χ2n) is 6.13. The van der Waals surface area contributed by atoms with Crippen LogP contribution in [0.3, 0.4) is 0 Å². The zero-order valence-corrected chi connectivity index (χ0v) is 16.9. The number of carbonyl (C=O) groups excluding carboxylic acids is 2. The Morgan fingerprint density at radius 1 is 1.04 bits per heavy atom. The maximum Gasteiger partial charge on any atom is 0.287 e. The first-order valence-corrected chi connectivity index (χ1v) is 9.63. The first-order chi connectivity index (χ1) is 12.9. The monoisotopic (exact) mass is 408 g/mol. The van der Waals surface area contributed by atoms with E-state index in [1.54, 1.807) is 18.2 Å². The molecule has 0 aromatic heterocycles. The third-order valence-electron chi connectivity index (χ3n) is 4.15. The van der Waals surface area contributed by atoms with Gasteiger partial charge in [0, 0.05) is 27.8 Å². The summed E-state index contributed by atoms with van der Waals surface area (Å²) in [5.74, 6) is -0.311. The third-order valence-corrected chi connectivity index (χ3v) is 4.59. The summed E-state index contributed by atoms with van der Waals surface area (Å²) in [6, 6.07) is 13.8. The summed E-state index contributed by atoms with van der Waals surface area (Å²) in [6.07, 6.45) is 0. The first-order valence-electron chi connectivity index (χ1n) is 8.87. The molecule has 2 atom stereocenters. The predicted octanol–water partition coefficient (Wildman–Crippen LogP) is 2.71. The van der Waals surface area contributed by atoms with Crippen LogP contribution in [0.4, 0.5) is 5.69 Å². The van der Waals surface area contributed by atoms with Crippen LogP contribution >= 0.6 is 23.2 Å². The second kappa shape index (κ2) is 10.3. The second-order valence-corrected chi connectivity index (χ2v) is 7.01. The Balaban J connectivity index is 2.30. The van der Waals surface area contributed by atoms with Crippen molar-refractivity contribution >= 4 is 40.7 Å². The van der Waals surface area contributed by atoms with E-state index in [4.69, 9.17) is 23.2 Å². The van der Waals surface area contributed by atoms with Gasteiger partial charge in [-0.3, -0.25) is 9.59 Å². The van der Waals surface area contributed by atoms with Gasteiger partial charge in [-0.15, -0.1) is 0 Å². The number of halogens is 2. The van der Waals surface area contributed by atoms with Crippen molar-refractivity contribution in [2.75, 3.05) is 25.0 Å². The van der Waals surface area contributed by atoms with Gasteiger partial charge in [-0.1, -0.05) is 53.5 Å². The number of quaternary nitrogens is 1. The zero-order chi connectivity index (χ0) is 19.8. The van der Waals surface area contributed by atoms with Crippen molar-refractivity contribution in [3.8, 4) is 0 Å². The Morgan fingerprint density at radius 3 is 2.22 bits per heavy atom. The molecule has 0 radical (unpaired) electrons. The molecule has 0 aliphatic heterocycles. The lowest BCUT2D eigenvalue weighted by Gasteiger charge is -2.26. The third kappa shape index (κ3) is 6.24. The SMILES string of the molecule is CCNC(=O)C[NH+](CC)[C@H](C(=O)Nc1cc(Cl)cc(Cl)c1)c1ccccc1. The molecule has 7 heteroatoms. The van der Waals surface area contributed by atoms with Crippen molar-refractivity contribution in [2.24, 2.45) is 0 Å². The summed E-state index contributed by atoms with van der Waals surface area (Å²) in [5.41, 5.74) is 1.36. The number of hydrogen-bond donors (Lipinski definition) is 3. The number of carbonyl (C=O) groups is 2. The van der Waals surface area contributed by atoms with Crippen LogP contribution in [0.1, 0.15) is 25.5 Å². The molecule has 0 bridgehead atoms. The number of likely N-dealkylation sites (N-methyl/N-ethyl adjacent to an activating group) is 2. The Labute approximate surface area is 169 Å². The van der Waals surface area contributed by atoms with Gasteiger partial charge in [0.15, 0.2) is 12.6 Å². The van der Waals surface area contributed by atoms with Gasteiger partial charge >= 0.3 is 0 Å². The molecule has 0 aliphatic carbocycles. The molecule has 3 N–H and O–H groups in total. The lowest BCUT2D eigenvalue weighted by molar-refractivity contribution is -0.912. The molecule has 144 valence electrons. The highest BCUT2D eigenvalue weighted by molar-refractivity contribution is 6.35. The normalized spacial score (nSPS) is 12.9. The molecule has 0 saturated carbocycles. The molecule has 0 heterocycles. The van der Waals surface area contributed by atoms with Gasteiger partial charge in [-0.05, 0) is 32.0 Å². The number of hydrogen-bond acceptors (Lipinski definition) is 2. The number of anilines is 1. The summed E-state index contributed by atoms with van der Waals surface area (Å²) in [6.45, 7) is 5.19. The Hall–Kier alpha value is -2.08. The topological polar surface area (TPSA) is 62.6 Å². The van der Waals surface area contributed by atoms with E-state index in [-0.39, 0.29) is 18.4 Å². The molecule has 0 fully saturated rings. The van der Waals surface area contributed by atoms with E-state index < -0.39 is 6.04 Å². The predicted molar refractivity (Wildman–Crippen MR) is 109 cm³/mol. The van der Waals surface area contributed by atoms with E-state index in [9.17, 15) is 9.59 Å². The van der Waals surface area contributed by atoms with Gasteiger partial charge in [0.2, 0.25) is 0 Å². The molecule has 2 rings (SSSR count). The molecule has 2 amide bonds. The van der Waals surface area contributed by atoms with Crippen molar-refractivity contribution in [3.05, 3.63) is 64.1 Å². The maximum atomic E-state index is 13.1. The maximum absolute atomic E-state index is 13.1. The Morgan fingerprint density at radius 2 is 1.67 bits per heavy atom. The fraction of sp³-hybridized carbons (Fsp3) is 0.300. The van der Waals surface area contributed by atoms with Crippen LogP contribution in [-0.4, -0.2) is 31.4 Å². The Bertz CT molecular complexity index is 764. The molecule has 0 spiro atoms. The van der Waals surface area contributed by atoms with Crippen LogP contribution < -0.4 is 15.5 Å². The minimum atomic E-state index is -0.545. The minimum Gasteiger partial charge on any atom is -0.351 e. The minimum absolute atomic E-state index is 0.0890. The van der Waals surface area contributed by atoms with Crippen LogP contribution in [0.5, 0.6) is 0 Å². The van der Waals surface area contributed by atoms with Crippen molar-refractivity contribution in [3.63, 3.8) is 0 Å². The smallest absolute Gasteiger partial charge is 0.287 e. The van der Waals surface area contributed by atoms with Crippen molar-refractivity contribution < 1.29 is 14.5 Å². The summed E-state index contributed by atoms with van der Waals surface area (Å²) in [5, 5.41) is 6.56. The van der Waals surface area contributed by atoms with E-state index in [1.807, 2.05) is 44.2 Å². The van der Waals surface area contributed by atoms with Crippen LogP contribution in [0, 0.1) is 0 Å². The van der Waals surface area contributed by atoms with Gasteiger partial charge in [0.25, 0.3) is 11.8 Å². The van der Waals surface area contributed by atoms with Gasteiger partial charge in [-0.25, -0.2) is 0 Å². The summed E-state index contributed by atoms with van der Waals surface area (Å²) in [4.78, 5) is 26.1. The van der Waals surface area contributed by atoms with Gasteiger partial charge < -0.3 is 15.5 Å². The number of amides is 2. The molecule has 5 nitrogen and oxygen atoms in total. The largest absolute Gasteiger partial charge is 0.351 e. The molecule has 2 aromatic carbocycles. The molecule has 27 heavy (non-hydrogen) atoms. The van der Waals surface area contributed by atoms with E-state index in [1.165, 1.54) is 0 Å². The summed E-state index contributed by atoms with van der Waals surface area (Å²) in [7, 11) is 0. The van der Waals surface area contributed by atoms with Gasteiger partial charge in [0.05, 0.1) is 6.54 Å². The fourth-order valence-electron chi connectivity index (χ4n) is 2.96. The van der Waals surface area contributed by atoms with E-state index in [0.29, 0.717) is 28.8 Å². The summed E-state index contributed by atoms with van der Waals surface area (Å²) < 4.78 is 0. The van der Waals surface area contributed by atoms with Gasteiger partial charge in [-0.2, -0.15) is 0 Å². The van der Waals surface area contributed by atoms with Crippen LogP contribution in [-0.2, 0) is 9.59 Å². The number of nitrogens with one attached hydrogen (secondary N) is 3. The molecule has 1 unspecified atom stereocenters. The first kappa shape index (κ1) is 21.2. The molecular formula is C20H24Cl2N3O2+. The molecule has 0 saturated heterocycles. The van der Waals surface area contributed by atoms with Crippen molar-refractivity contribution in [1.29, 1.82) is 0 Å². The highest BCUT2D eigenvalue weighted by atomic mass is 35.5. The van der Waals surface area contributed by atoms with E-state index in [2.05, 4.69) is 10.6 Å². The van der Waals surface area contributed by atoms with Crippen LogP contribution in [0.25, 0.3) is 0 Å². The van der Waals surface area contributed by atoms with Crippen LogP contribution in [0.2, 0.25) is 10.0 Å². The molecular weight excluding hydrogens is 385 g/mol. The zero-order valence-electron chi connectivity index (χ0n) is 15.4. The fourth-order valence-corrected chi connectivity index (χ4v) is 3.48. The van der Waals surface area contributed by atoms with Crippen molar-refractivity contribution in [1.82, 2.24) is 5.32 Å². The highest BCUT2D eigenvalue weighted by Gasteiger charge is 2.32. The van der Waals surface area contributed by atoms with Crippen molar-refractivity contribution in [2.45, 2.75) is 19.9 Å². The lowest BCUT2D eigenvalue weighted by Crippen LogP contribution is -3.14. The molecule has 0 aliphatic rings. The summed E-state index contributed by atoms with van der Waals surface area (Å²) >= 11 is 12.1. The average Bonchev–Trinajstić information content (AvgIpc) is 2.61. The standard InChI is InChI=1S/C20H23Cl2N3O2/c1-3-23-18(26)13-25(4-2)19(14-8-6-5-7-9-14)20(27)24-17-11-15(21)10-16(22)12-17/h5-12,19H,3-4,13H2,1-2H3,(H,23,26)(H,24,27)/p+1/t19-/m0/s1.